The molecule has 1 atom stereocenters. The molecule has 0 saturated carbocycles. The number of carbonyl (C=O) groups is 2. The highest BCUT2D eigenvalue weighted by atomic mass is 16.5. The topological polar surface area (TPSA) is 64.6 Å². The number of aryl methyl sites for hydroxylation is 2. The van der Waals surface area contributed by atoms with Crippen molar-refractivity contribution < 1.29 is 19.1 Å². The average Bonchev–Trinajstić information content (AvgIpc) is 2.87. The molecule has 0 saturated heterocycles. The van der Waals surface area contributed by atoms with Crippen LogP contribution in [0.3, 0.4) is 0 Å². The number of methoxy groups -OCH3 is 1. The smallest absolute Gasteiger partial charge is 0.307 e. The third kappa shape index (κ3) is 7.95. The highest BCUT2D eigenvalue weighted by molar-refractivity contribution is 5.94. The van der Waals surface area contributed by atoms with Crippen molar-refractivity contribution in [2.75, 3.05) is 20.3 Å². The van der Waals surface area contributed by atoms with Crippen molar-refractivity contribution in [2.24, 2.45) is 5.92 Å². The molecule has 5 nitrogen and oxygen atoms in total. The molecule has 0 heterocycles. The van der Waals surface area contributed by atoms with Gasteiger partial charge in [0.15, 0.2) is 0 Å². The molecule has 0 aliphatic carbocycles. The van der Waals surface area contributed by atoms with Crippen LogP contribution in [-0.2, 0) is 21.4 Å². The Bertz CT molecular complexity index is 1210. The molecule has 0 aliphatic heterocycles. The van der Waals surface area contributed by atoms with E-state index in [-0.39, 0.29) is 30.3 Å². The van der Waals surface area contributed by atoms with Crippen LogP contribution in [0.5, 0.6) is 5.75 Å². The van der Waals surface area contributed by atoms with E-state index in [9.17, 15) is 9.59 Å². The van der Waals surface area contributed by atoms with Gasteiger partial charge in [0, 0.05) is 12.1 Å². The lowest BCUT2D eigenvalue weighted by Crippen LogP contribution is -2.26. The molecular formula is C33H41NO4. The number of carbonyl (C=O) groups excluding carboxylic acids is 2. The van der Waals surface area contributed by atoms with Crippen molar-refractivity contribution >= 4 is 11.9 Å². The zero-order valence-corrected chi connectivity index (χ0v) is 23.8. The first kappa shape index (κ1) is 29.0. The lowest BCUT2D eigenvalue weighted by molar-refractivity contribution is -0.140. The van der Waals surface area contributed by atoms with Gasteiger partial charge in [0.05, 0.1) is 20.1 Å². The number of hydrogen-bond acceptors (Lipinski definition) is 4. The number of nitrogens with one attached hydrogen (secondary N) is 1. The maximum atomic E-state index is 12.2. The van der Waals surface area contributed by atoms with Gasteiger partial charge in [-0.05, 0) is 89.2 Å². The highest BCUT2D eigenvalue weighted by Crippen LogP contribution is 2.33. The van der Waals surface area contributed by atoms with Crippen molar-refractivity contribution in [2.45, 2.75) is 59.8 Å². The normalized spacial score (nSPS) is 12.1. The summed E-state index contributed by atoms with van der Waals surface area (Å²) < 4.78 is 10.8. The third-order valence-electron chi connectivity index (χ3n) is 6.72. The monoisotopic (exact) mass is 515 g/mol. The molecule has 38 heavy (non-hydrogen) atoms. The maximum absolute atomic E-state index is 12.2. The van der Waals surface area contributed by atoms with Crippen LogP contribution in [0.4, 0.5) is 0 Å². The Kier molecular flexibility index (Phi) is 9.73. The minimum Gasteiger partial charge on any atom is -0.493 e. The first-order valence-corrected chi connectivity index (χ1v) is 13.3. The summed E-state index contributed by atoms with van der Waals surface area (Å²) >= 11 is 0. The highest BCUT2D eigenvalue weighted by Gasteiger charge is 2.15. The Morgan fingerprint density at radius 1 is 0.921 bits per heavy atom. The number of amides is 1. The predicted molar refractivity (Wildman–Crippen MR) is 154 cm³/mol. The summed E-state index contributed by atoms with van der Waals surface area (Å²) in [4.78, 5) is 23.4. The molecule has 1 unspecified atom stereocenters. The fourth-order valence-corrected chi connectivity index (χ4v) is 4.57. The number of esters is 1. The summed E-state index contributed by atoms with van der Waals surface area (Å²) in [6.07, 6.45) is 1.00. The van der Waals surface area contributed by atoms with Crippen LogP contribution < -0.4 is 10.1 Å². The summed E-state index contributed by atoms with van der Waals surface area (Å²) in [7, 11) is 1.33. The molecule has 0 bridgehead atoms. The van der Waals surface area contributed by atoms with E-state index in [1.165, 1.54) is 34.9 Å². The summed E-state index contributed by atoms with van der Waals surface area (Å²) in [5.74, 6) is 0.654. The van der Waals surface area contributed by atoms with E-state index in [2.05, 4.69) is 88.0 Å². The van der Waals surface area contributed by atoms with E-state index in [0.29, 0.717) is 18.1 Å². The molecule has 3 aromatic rings. The zero-order valence-electron chi connectivity index (χ0n) is 23.8. The van der Waals surface area contributed by atoms with Crippen LogP contribution in [0.1, 0.15) is 66.7 Å². The third-order valence-corrected chi connectivity index (χ3v) is 6.72. The van der Waals surface area contributed by atoms with Crippen molar-refractivity contribution in [1.29, 1.82) is 0 Å². The van der Waals surface area contributed by atoms with E-state index < -0.39 is 0 Å². The van der Waals surface area contributed by atoms with Crippen molar-refractivity contribution in [1.82, 2.24) is 5.32 Å². The first-order chi connectivity index (χ1) is 18.0. The molecule has 0 spiro atoms. The molecule has 5 heteroatoms. The van der Waals surface area contributed by atoms with Crippen LogP contribution >= 0.6 is 0 Å². The number of rotatable bonds is 10. The molecular weight excluding hydrogens is 474 g/mol. The second kappa shape index (κ2) is 12.8. The van der Waals surface area contributed by atoms with Crippen LogP contribution in [-0.4, -0.2) is 32.1 Å². The number of benzene rings is 3. The fourth-order valence-electron chi connectivity index (χ4n) is 4.57. The van der Waals surface area contributed by atoms with Gasteiger partial charge in [-0.15, -0.1) is 0 Å². The summed E-state index contributed by atoms with van der Waals surface area (Å²) in [6.45, 7) is 14.0. The van der Waals surface area contributed by atoms with Gasteiger partial charge in [-0.25, -0.2) is 0 Å². The second-order valence-corrected chi connectivity index (χ2v) is 11.2. The van der Waals surface area contributed by atoms with Gasteiger partial charge in [0.2, 0.25) is 0 Å². The van der Waals surface area contributed by atoms with E-state index in [1.807, 2.05) is 24.3 Å². The molecule has 0 radical (unpaired) electrons. The van der Waals surface area contributed by atoms with E-state index in [4.69, 9.17) is 4.74 Å². The predicted octanol–water partition coefficient (Wildman–Crippen LogP) is 6.82. The Hall–Kier alpha value is -3.60. The van der Waals surface area contributed by atoms with Crippen LogP contribution in [0.25, 0.3) is 11.1 Å². The maximum Gasteiger partial charge on any atom is 0.307 e. The molecule has 3 rings (SSSR count). The van der Waals surface area contributed by atoms with Gasteiger partial charge >= 0.3 is 5.97 Å². The Morgan fingerprint density at radius 3 is 2.08 bits per heavy atom. The standard InChI is InChI=1S/C33H41NO4/c1-22(18-25-8-10-27(11-9-25)32(36)34-17-16-30(35)37-7)21-38-29-19-23(2)31(24(3)20-29)26-12-14-28(15-13-26)33(4,5)6/h8-15,19-20,22H,16-18,21H2,1-7H3,(H,34,36). The SMILES string of the molecule is COC(=O)CCNC(=O)c1ccc(CC(C)COc2cc(C)c(-c3ccc(C(C)(C)C)cc3)c(C)c2)cc1. The molecule has 3 aromatic carbocycles. The van der Waals surface area contributed by atoms with Gasteiger partial charge in [-0.1, -0.05) is 64.1 Å². The molecule has 0 fully saturated rings. The van der Waals surface area contributed by atoms with Crippen LogP contribution in [0.2, 0.25) is 0 Å². The van der Waals surface area contributed by atoms with E-state index >= 15 is 0 Å². The summed E-state index contributed by atoms with van der Waals surface area (Å²) in [5.41, 5.74) is 8.09. The summed E-state index contributed by atoms with van der Waals surface area (Å²) in [5, 5.41) is 2.73. The molecule has 1 amide bonds. The van der Waals surface area contributed by atoms with Gasteiger partial charge in [0.25, 0.3) is 5.91 Å². The lowest BCUT2D eigenvalue weighted by atomic mass is 9.85. The van der Waals surface area contributed by atoms with Gasteiger partial charge < -0.3 is 14.8 Å². The van der Waals surface area contributed by atoms with Gasteiger partial charge in [0.1, 0.15) is 5.75 Å². The molecule has 1 N–H and O–H groups in total. The van der Waals surface area contributed by atoms with Crippen molar-refractivity contribution in [3.05, 3.63) is 88.5 Å². The van der Waals surface area contributed by atoms with E-state index in [1.54, 1.807) is 0 Å². The number of hydrogen-bond donors (Lipinski definition) is 1. The molecule has 0 aromatic heterocycles. The minimum absolute atomic E-state index is 0.139. The van der Waals surface area contributed by atoms with Crippen LogP contribution in [0, 0.1) is 19.8 Å². The Balaban J connectivity index is 1.55. The van der Waals surface area contributed by atoms with Gasteiger partial charge in [-0.3, -0.25) is 9.59 Å². The van der Waals surface area contributed by atoms with Crippen molar-refractivity contribution in [3.63, 3.8) is 0 Å². The van der Waals surface area contributed by atoms with Gasteiger partial charge in [-0.2, -0.15) is 0 Å². The molecule has 202 valence electrons. The number of ether oxygens (including phenoxy) is 2. The fraction of sp³-hybridized carbons (Fsp3) is 0.394. The zero-order chi connectivity index (χ0) is 27.9. The van der Waals surface area contributed by atoms with E-state index in [0.717, 1.165) is 17.7 Å². The van der Waals surface area contributed by atoms with Crippen molar-refractivity contribution in [3.8, 4) is 16.9 Å². The minimum atomic E-state index is -0.344. The quantitative estimate of drug-likeness (QED) is 0.301. The largest absolute Gasteiger partial charge is 0.493 e. The Morgan fingerprint density at radius 2 is 1.53 bits per heavy atom. The lowest BCUT2D eigenvalue weighted by Gasteiger charge is -2.20. The average molecular weight is 516 g/mol. The Labute approximate surface area is 227 Å². The summed E-state index contributed by atoms with van der Waals surface area (Å²) in [6, 6.07) is 20.7. The first-order valence-electron chi connectivity index (χ1n) is 13.3. The second-order valence-electron chi connectivity index (χ2n) is 11.2. The van der Waals surface area contributed by atoms with Crippen LogP contribution in [0.15, 0.2) is 60.7 Å². The molecule has 0 aliphatic rings.